The Morgan fingerprint density at radius 3 is 2.18 bits per heavy atom. The normalized spacial score (nSPS) is 11.1. The number of aromatic carboxylic acids is 1. The zero-order chi connectivity index (χ0) is 12.5. The highest BCUT2D eigenvalue weighted by Crippen LogP contribution is 2.24. The van der Waals surface area contributed by atoms with Crippen molar-refractivity contribution in [3.8, 4) is 0 Å². The quantitative estimate of drug-likeness (QED) is 0.878. The molecule has 1 aromatic carbocycles. The molecule has 0 heterocycles. The number of carboxylic acid groups (broad SMARTS) is 1. The average Bonchev–Trinajstić information content (AvgIpc) is 2.15. The molecule has 0 radical (unpaired) electrons. The van der Waals surface area contributed by atoms with Gasteiger partial charge in [-0.1, -0.05) is 19.9 Å². The van der Waals surface area contributed by atoms with Crippen LogP contribution in [0.25, 0.3) is 0 Å². The lowest BCUT2D eigenvalue weighted by Gasteiger charge is -2.11. The van der Waals surface area contributed by atoms with Gasteiger partial charge in [-0.3, -0.25) is 0 Å². The topological polar surface area (TPSA) is 103 Å². The lowest BCUT2D eigenvalue weighted by atomic mass is 10.0. The summed E-state index contributed by atoms with van der Waals surface area (Å²) in [5.74, 6) is -1.09. The van der Waals surface area contributed by atoms with E-state index in [1.54, 1.807) is 6.07 Å². The number of carboxylic acids is 1. The van der Waals surface area contributed by atoms with Crippen LogP contribution in [0, 0.1) is 0 Å². The largest absolute Gasteiger partial charge is 0.478 e. The molecule has 96 valence electrons. The van der Waals surface area contributed by atoms with Crippen LogP contribution in [-0.2, 0) is 9.84 Å². The van der Waals surface area contributed by atoms with Crippen LogP contribution in [0.15, 0.2) is 23.1 Å². The van der Waals surface area contributed by atoms with Gasteiger partial charge < -0.3 is 10.6 Å². The van der Waals surface area contributed by atoms with Crippen LogP contribution < -0.4 is 0 Å². The van der Waals surface area contributed by atoms with E-state index in [1.807, 2.05) is 13.8 Å². The summed E-state index contributed by atoms with van der Waals surface area (Å²) in [6.07, 6.45) is 1.08. The molecule has 0 aliphatic rings. The van der Waals surface area contributed by atoms with E-state index in [2.05, 4.69) is 0 Å². The molecule has 1 aromatic rings. The standard InChI is InChI=1S/C11H14O4S.H2O/c1-7(2)9-5-4-8(11(12)13)6-10(9)16(3,14)15;/h4-7H,1-3H3,(H,12,13);1H2. The molecular weight excluding hydrogens is 244 g/mol. The number of rotatable bonds is 3. The van der Waals surface area contributed by atoms with Crippen LogP contribution in [-0.4, -0.2) is 31.2 Å². The number of sulfone groups is 1. The highest BCUT2D eigenvalue weighted by Gasteiger charge is 2.17. The van der Waals surface area contributed by atoms with Gasteiger partial charge >= 0.3 is 5.97 Å². The summed E-state index contributed by atoms with van der Waals surface area (Å²) in [7, 11) is -3.40. The first-order valence-electron chi connectivity index (χ1n) is 4.80. The van der Waals surface area contributed by atoms with E-state index in [0.29, 0.717) is 5.56 Å². The van der Waals surface area contributed by atoms with Crippen LogP contribution in [0.4, 0.5) is 0 Å². The Kier molecular flexibility index (Phi) is 4.85. The molecule has 0 aliphatic carbocycles. The van der Waals surface area contributed by atoms with E-state index < -0.39 is 15.8 Å². The van der Waals surface area contributed by atoms with Gasteiger partial charge in [0.2, 0.25) is 0 Å². The van der Waals surface area contributed by atoms with E-state index >= 15 is 0 Å². The summed E-state index contributed by atoms with van der Waals surface area (Å²) < 4.78 is 23.1. The molecule has 3 N–H and O–H groups in total. The maximum Gasteiger partial charge on any atom is 0.335 e. The molecular formula is C11H16O5S. The zero-order valence-corrected chi connectivity index (χ0v) is 10.7. The fourth-order valence-corrected chi connectivity index (χ4v) is 2.54. The second kappa shape index (κ2) is 5.29. The van der Waals surface area contributed by atoms with Gasteiger partial charge in [0.1, 0.15) is 0 Å². The smallest absolute Gasteiger partial charge is 0.335 e. The van der Waals surface area contributed by atoms with Gasteiger partial charge in [0.15, 0.2) is 9.84 Å². The third kappa shape index (κ3) is 3.54. The number of hydrogen-bond acceptors (Lipinski definition) is 3. The molecule has 6 heteroatoms. The van der Waals surface area contributed by atoms with E-state index in [1.165, 1.54) is 12.1 Å². The van der Waals surface area contributed by atoms with Crippen molar-refractivity contribution in [3.63, 3.8) is 0 Å². The molecule has 0 aromatic heterocycles. The minimum atomic E-state index is -3.40. The second-order valence-electron chi connectivity index (χ2n) is 3.98. The Balaban J connectivity index is 0.00000256. The van der Waals surface area contributed by atoms with E-state index in [9.17, 15) is 13.2 Å². The predicted molar refractivity (Wildman–Crippen MR) is 64.2 cm³/mol. The van der Waals surface area contributed by atoms with Crippen molar-refractivity contribution in [3.05, 3.63) is 29.3 Å². The molecule has 0 amide bonds. The molecule has 5 nitrogen and oxygen atoms in total. The van der Waals surface area contributed by atoms with Crippen molar-refractivity contribution in [2.24, 2.45) is 0 Å². The summed E-state index contributed by atoms with van der Waals surface area (Å²) in [5.41, 5.74) is 0.636. The minimum Gasteiger partial charge on any atom is -0.478 e. The highest BCUT2D eigenvalue weighted by atomic mass is 32.2. The molecule has 0 bridgehead atoms. The van der Waals surface area contributed by atoms with Crippen molar-refractivity contribution in [1.29, 1.82) is 0 Å². The van der Waals surface area contributed by atoms with Crippen molar-refractivity contribution in [2.75, 3.05) is 6.26 Å². The third-order valence-corrected chi connectivity index (χ3v) is 3.43. The highest BCUT2D eigenvalue weighted by molar-refractivity contribution is 7.90. The predicted octanol–water partition coefficient (Wildman–Crippen LogP) is 1.09. The molecule has 1 rings (SSSR count). The van der Waals surface area contributed by atoms with Crippen LogP contribution in [0.5, 0.6) is 0 Å². The number of hydrogen-bond donors (Lipinski definition) is 1. The fraction of sp³-hybridized carbons (Fsp3) is 0.364. The first kappa shape index (κ1) is 15.6. The van der Waals surface area contributed by atoms with Gasteiger partial charge in [0, 0.05) is 6.26 Å². The SMILES string of the molecule is CC(C)c1ccc(C(=O)O)cc1S(C)(=O)=O.O. The van der Waals surface area contributed by atoms with Gasteiger partial charge in [-0.2, -0.15) is 0 Å². The third-order valence-electron chi connectivity index (χ3n) is 2.28. The Hall–Kier alpha value is -1.40. The summed E-state index contributed by atoms with van der Waals surface area (Å²) in [6, 6.07) is 4.20. The van der Waals surface area contributed by atoms with Gasteiger partial charge in [0.05, 0.1) is 10.5 Å². The Labute approximate surface area is 100 Å². The van der Waals surface area contributed by atoms with Crippen molar-refractivity contribution in [1.82, 2.24) is 0 Å². The molecule has 0 atom stereocenters. The zero-order valence-electron chi connectivity index (χ0n) is 9.89. The Bertz CT molecular complexity index is 517. The molecule has 17 heavy (non-hydrogen) atoms. The van der Waals surface area contributed by atoms with Crippen molar-refractivity contribution >= 4 is 15.8 Å². The second-order valence-corrected chi connectivity index (χ2v) is 5.97. The van der Waals surface area contributed by atoms with Gasteiger partial charge in [-0.05, 0) is 23.6 Å². The first-order chi connectivity index (χ1) is 7.23. The molecule has 0 saturated heterocycles. The van der Waals surface area contributed by atoms with Gasteiger partial charge in [0.25, 0.3) is 0 Å². The monoisotopic (exact) mass is 260 g/mol. The molecule has 0 saturated carbocycles. The minimum absolute atomic E-state index is 0. The summed E-state index contributed by atoms with van der Waals surface area (Å²) in [4.78, 5) is 10.9. The van der Waals surface area contributed by atoms with Gasteiger partial charge in [-0.15, -0.1) is 0 Å². The van der Waals surface area contributed by atoms with Gasteiger partial charge in [-0.25, -0.2) is 13.2 Å². The average molecular weight is 260 g/mol. The first-order valence-corrected chi connectivity index (χ1v) is 6.70. The van der Waals surface area contributed by atoms with E-state index in [4.69, 9.17) is 5.11 Å². The van der Waals surface area contributed by atoms with Crippen LogP contribution in [0.2, 0.25) is 0 Å². The molecule has 0 spiro atoms. The summed E-state index contributed by atoms with van der Waals surface area (Å²) in [6.45, 7) is 3.73. The number of benzene rings is 1. The maximum absolute atomic E-state index is 11.5. The molecule has 0 fully saturated rings. The number of carbonyl (C=O) groups is 1. The summed E-state index contributed by atoms with van der Waals surface area (Å²) >= 11 is 0. The van der Waals surface area contributed by atoms with Crippen LogP contribution in [0.1, 0.15) is 35.7 Å². The van der Waals surface area contributed by atoms with Crippen molar-refractivity contribution in [2.45, 2.75) is 24.7 Å². The summed E-state index contributed by atoms with van der Waals surface area (Å²) in [5, 5.41) is 8.81. The van der Waals surface area contributed by atoms with Crippen LogP contribution in [0.3, 0.4) is 0 Å². The Morgan fingerprint density at radius 2 is 1.82 bits per heavy atom. The van der Waals surface area contributed by atoms with Crippen molar-refractivity contribution < 1.29 is 23.8 Å². The maximum atomic E-state index is 11.5. The fourth-order valence-electron chi connectivity index (χ4n) is 1.47. The molecule has 0 aliphatic heterocycles. The lowest BCUT2D eigenvalue weighted by Crippen LogP contribution is -2.07. The van der Waals surface area contributed by atoms with E-state index in [0.717, 1.165) is 6.26 Å². The van der Waals surface area contributed by atoms with Crippen LogP contribution >= 0.6 is 0 Å². The molecule has 0 unspecified atom stereocenters. The van der Waals surface area contributed by atoms with E-state index in [-0.39, 0.29) is 21.9 Å². The lowest BCUT2D eigenvalue weighted by molar-refractivity contribution is 0.0696. The Morgan fingerprint density at radius 1 is 1.29 bits per heavy atom.